The van der Waals surface area contributed by atoms with Crippen molar-refractivity contribution in [3.8, 4) is 5.75 Å². The van der Waals surface area contributed by atoms with Gasteiger partial charge in [0.15, 0.2) is 0 Å². The van der Waals surface area contributed by atoms with Crippen LogP contribution in [0.2, 0.25) is 0 Å². The summed E-state index contributed by atoms with van der Waals surface area (Å²) in [5.74, 6) is 1.34. The van der Waals surface area contributed by atoms with Crippen LogP contribution in [-0.4, -0.2) is 5.11 Å². The van der Waals surface area contributed by atoms with Crippen LogP contribution in [0.3, 0.4) is 0 Å². The van der Waals surface area contributed by atoms with Crippen LogP contribution in [0.15, 0.2) is 12.1 Å². The summed E-state index contributed by atoms with van der Waals surface area (Å²) in [7, 11) is 0. The van der Waals surface area contributed by atoms with Gasteiger partial charge in [-0.05, 0) is 43.1 Å². The molecule has 2 aliphatic rings. The Kier molecular flexibility index (Phi) is 2.07. The highest BCUT2D eigenvalue weighted by Crippen LogP contribution is 2.52. The highest BCUT2D eigenvalue weighted by molar-refractivity contribution is 5.51. The Balaban J connectivity index is 2.19. The van der Waals surface area contributed by atoms with E-state index in [1.165, 1.54) is 42.4 Å². The molecule has 1 fully saturated rings. The molecule has 1 heteroatoms. The zero-order chi connectivity index (χ0) is 11.3. The van der Waals surface area contributed by atoms with E-state index in [1.54, 1.807) is 0 Å². The summed E-state index contributed by atoms with van der Waals surface area (Å²) in [6.07, 6.45) is 6.34. The van der Waals surface area contributed by atoms with Gasteiger partial charge in [-0.1, -0.05) is 37.5 Å². The maximum atomic E-state index is 10.3. The van der Waals surface area contributed by atoms with E-state index in [-0.39, 0.29) is 5.41 Å². The van der Waals surface area contributed by atoms with E-state index in [0.717, 1.165) is 12.3 Å². The molecule has 0 spiro atoms. The number of aryl methyl sites for hydroxylation is 1. The van der Waals surface area contributed by atoms with Crippen molar-refractivity contribution >= 4 is 0 Å². The molecule has 0 saturated heterocycles. The number of aromatic hydroxyl groups is 1. The van der Waals surface area contributed by atoms with Crippen molar-refractivity contribution in [2.45, 2.75) is 51.4 Å². The lowest BCUT2D eigenvalue weighted by molar-refractivity contribution is 0.185. The van der Waals surface area contributed by atoms with Gasteiger partial charge >= 0.3 is 0 Å². The summed E-state index contributed by atoms with van der Waals surface area (Å²) in [5, 5.41) is 10.3. The summed E-state index contributed by atoms with van der Waals surface area (Å²) in [4.78, 5) is 0. The molecular formula is C15H20O. The summed E-state index contributed by atoms with van der Waals surface area (Å²) in [5.41, 5.74) is 3.94. The first-order valence-corrected chi connectivity index (χ1v) is 6.44. The van der Waals surface area contributed by atoms with Crippen molar-refractivity contribution in [1.29, 1.82) is 0 Å². The maximum absolute atomic E-state index is 10.3. The lowest BCUT2D eigenvalue weighted by Gasteiger charge is -2.46. The van der Waals surface area contributed by atoms with Crippen molar-refractivity contribution in [1.82, 2.24) is 0 Å². The van der Waals surface area contributed by atoms with E-state index in [1.807, 2.05) is 0 Å². The minimum Gasteiger partial charge on any atom is -0.507 e. The summed E-state index contributed by atoms with van der Waals surface area (Å²) < 4.78 is 0. The van der Waals surface area contributed by atoms with E-state index in [4.69, 9.17) is 0 Å². The Bertz CT molecular complexity index is 435. The van der Waals surface area contributed by atoms with Gasteiger partial charge < -0.3 is 5.11 Å². The summed E-state index contributed by atoms with van der Waals surface area (Å²) >= 11 is 0. The Morgan fingerprint density at radius 1 is 1.31 bits per heavy atom. The monoisotopic (exact) mass is 216 g/mol. The quantitative estimate of drug-likeness (QED) is 0.701. The Hall–Kier alpha value is -0.980. The number of hydrogen-bond donors (Lipinski definition) is 1. The number of fused-ring (bicyclic) bond motifs is 4. The predicted octanol–water partition coefficient (Wildman–Crippen LogP) is 3.70. The van der Waals surface area contributed by atoms with Gasteiger partial charge in [-0.2, -0.15) is 0 Å². The molecule has 2 aliphatic carbocycles. The fourth-order valence-electron chi connectivity index (χ4n) is 3.80. The van der Waals surface area contributed by atoms with Gasteiger partial charge in [0.05, 0.1) is 0 Å². The molecule has 1 unspecified atom stereocenters. The second kappa shape index (κ2) is 3.26. The minimum absolute atomic E-state index is 0.237. The van der Waals surface area contributed by atoms with Gasteiger partial charge in [-0.25, -0.2) is 0 Å². The van der Waals surface area contributed by atoms with Crippen LogP contribution < -0.4 is 0 Å². The average molecular weight is 216 g/mol. The van der Waals surface area contributed by atoms with Gasteiger partial charge in [0.2, 0.25) is 0 Å². The summed E-state index contributed by atoms with van der Waals surface area (Å²) in [6, 6.07) is 4.36. The van der Waals surface area contributed by atoms with Crippen LogP contribution in [0, 0.1) is 12.8 Å². The number of phenolic OH excluding ortho intramolecular Hbond substituents is 1. The van der Waals surface area contributed by atoms with E-state index >= 15 is 0 Å². The molecule has 16 heavy (non-hydrogen) atoms. The second-order valence-corrected chi connectivity index (χ2v) is 5.88. The molecule has 0 radical (unpaired) electrons. The number of benzene rings is 1. The Morgan fingerprint density at radius 3 is 2.94 bits per heavy atom. The van der Waals surface area contributed by atoms with Crippen molar-refractivity contribution in [2.75, 3.05) is 0 Å². The van der Waals surface area contributed by atoms with Gasteiger partial charge in [0, 0.05) is 5.56 Å². The average Bonchev–Trinajstić information content (AvgIpc) is 2.24. The van der Waals surface area contributed by atoms with E-state index in [0.29, 0.717) is 5.75 Å². The number of hydrogen-bond acceptors (Lipinski definition) is 1. The Labute approximate surface area is 97.5 Å². The second-order valence-electron chi connectivity index (χ2n) is 5.88. The Morgan fingerprint density at radius 2 is 2.12 bits per heavy atom. The van der Waals surface area contributed by atoms with Gasteiger partial charge in [0.1, 0.15) is 5.75 Å². The van der Waals surface area contributed by atoms with Crippen LogP contribution in [0.25, 0.3) is 0 Å². The highest BCUT2D eigenvalue weighted by Gasteiger charge is 2.43. The molecular weight excluding hydrogens is 196 g/mol. The lowest BCUT2D eigenvalue weighted by Crippen LogP contribution is -2.39. The first-order valence-electron chi connectivity index (χ1n) is 6.44. The van der Waals surface area contributed by atoms with E-state index < -0.39 is 0 Å². The highest BCUT2D eigenvalue weighted by atomic mass is 16.3. The van der Waals surface area contributed by atoms with Crippen LogP contribution in [-0.2, 0) is 11.8 Å². The van der Waals surface area contributed by atoms with Crippen LogP contribution in [0.4, 0.5) is 0 Å². The van der Waals surface area contributed by atoms with Crippen LogP contribution >= 0.6 is 0 Å². The molecule has 0 aromatic heterocycles. The maximum Gasteiger partial charge on any atom is 0.122 e. The van der Waals surface area contributed by atoms with Crippen molar-refractivity contribution in [3.63, 3.8) is 0 Å². The third-order valence-electron chi connectivity index (χ3n) is 4.81. The molecule has 2 atom stereocenters. The zero-order valence-electron chi connectivity index (χ0n) is 10.2. The van der Waals surface area contributed by atoms with E-state index in [2.05, 4.69) is 26.0 Å². The molecule has 0 amide bonds. The molecule has 1 nitrogen and oxygen atoms in total. The van der Waals surface area contributed by atoms with Gasteiger partial charge in [-0.3, -0.25) is 0 Å². The van der Waals surface area contributed by atoms with Crippen LogP contribution in [0.5, 0.6) is 5.75 Å². The largest absolute Gasteiger partial charge is 0.507 e. The number of rotatable bonds is 0. The van der Waals surface area contributed by atoms with Crippen molar-refractivity contribution in [3.05, 3.63) is 28.8 Å². The van der Waals surface area contributed by atoms with E-state index in [9.17, 15) is 5.11 Å². The topological polar surface area (TPSA) is 20.2 Å². The summed E-state index contributed by atoms with van der Waals surface area (Å²) in [6.45, 7) is 4.49. The predicted molar refractivity (Wildman–Crippen MR) is 65.9 cm³/mol. The van der Waals surface area contributed by atoms with Crippen molar-refractivity contribution < 1.29 is 5.11 Å². The normalized spacial score (nSPS) is 32.2. The zero-order valence-corrected chi connectivity index (χ0v) is 10.2. The molecule has 3 rings (SSSR count). The van der Waals surface area contributed by atoms with Crippen molar-refractivity contribution in [2.24, 2.45) is 5.92 Å². The minimum atomic E-state index is 0.237. The first kappa shape index (κ1) is 10.2. The third-order valence-corrected chi connectivity index (χ3v) is 4.81. The molecule has 0 heterocycles. The van der Waals surface area contributed by atoms with Crippen LogP contribution in [0.1, 0.15) is 49.3 Å². The molecule has 2 bridgehead atoms. The third kappa shape index (κ3) is 1.24. The number of phenols is 1. The molecule has 86 valence electrons. The SMILES string of the molecule is Cc1cc2c(O)c(c1)[C@@]1(C)CCCCC1C2. The standard InChI is InChI=1S/C15H20O/c1-10-7-11-9-12-5-3-4-6-15(12,2)13(8-10)14(11)16/h7-8,12,16H,3-6,9H2,1-2H3/t12?,15-/m0/s1. The molecule has 1 N–H and O–H groups in total. The van der Waals surface area contributed by atoms with Gasteiger partial charge in [0.25, 0.3) is 0 Å². The molecule has 1 saturated carbocycles. The molecule has 0 aliphatic heterocycles. The molecule has 1 aromatic rings. The fraction of sp³-hybridized carbons (Fsp3) is 0.600. The fourth-order valence-corrected chi connectivity index (χ4v) is 3.80. The van der Waals surface area contributed by atoms with Gasteiger partial charge in [-0.15, -0.1) is 0 Å². The lowest BCUT2D eigenvalue weighted by atomic mass is 9.59. The first-order chi connectivity index (χ1) is 7.61. The molecule has 1 aromatic carbocycles. The smallest absolute Gasteiger partial charge is 0.122 e.